The standard InChI is InChI=1S/C14H30N2O2/c1-6-7-11(2)16-13(18)10-15-9-12(17)8-14(3,4)5/h11-12,15,17H,6-10H2,1-5H3,(H,16,18). The van der Waals surface area contributed by atoms with E-state index in [0.717, 1.165) is 19.3 Å². The van der Waals surface area contributed by atoms with Crippen molar-refractivity contribution in [1.82, 2.24) is 10.6 Å². The van der Waals surface area contributed by atoms with Crippen LogP contribution in [-0.4, -0.2) is 36.2 Å². The third kappa shape index (κ3) is 10.5. The number of nitrogens with one attached hydrogen (secondary N) is 2. The van der Waals surface area contributed by atoms with Crippen LogP contribution in [0.3, 0.4) is 0 Å². The lowest BCUT2D eigenvalue weighted by molar-refractivity contribution is -0.120. The topological polar surface area (TPSA) is 61.4 Å². The number of hydrogen-bond donors (Lipinski definition) is 3. The van der Waals surface area contributed by atoms with Crippen LogP contribution in [0.5, 0.6) is 0 Å². The molecular formula is C14H30N2O2. The Hall–Kier alpha value is -0.610. The van der Waals surface area contributed by atoms with Crippen LogP contribution in [-0.2, 0) is 4.79 Å². The van der Waals surface area contributed by atoms with Gasteiger partial charge < -0.3 is 15.7 Å². The summed E-state index contributed by atoms with van der Waals surface area (Å²) in [5.41, 5.74) is 0.110. The number of carbonyl (C=O) groups excluding carboxylic acids is 1. The summed E-state index contributed by atoms with van der Waals surface area (Å²) in [6.07, 6.45) is 2.40. The number of rotatable bonds is 8. The lowest BCUT2D eigenvalue weighted by atomic mass is 9.89. The van der Waals surface area contributed by atoms with Crippen LogP contribution in [0.15, 0.2) is 0 Å². The minimum absolute atomic E-state index is 0.00101. The predicted molar refractivity (Wildman–Crippen MR) is 75.5 cm³/mol. The summed E-state index contributed by atoms with van der Waals surface area (Å²) in [5.74, 6) is -0.00101. The number of amides is 1. The molecule has 0 saturated heterocycles. The molecule has 0 bridgehead atoms. The molecule has 0 aromatic rings. The lowest BCUT2D eigenvalue weighted by Crippen LogP contribution is -2.41. The molecular weight excluding hydrogens is 228 g/mol. The van der Waals surface area contributed by atoms with Gasteiger partial charge in [0.1, 0.15) is 0 Å². The summed E-state index contributed by atoms with van der Waals surface area (Å²) in [7, 11) is 0. The fourth-order valence-corrected chi connectivity index (χ4v) is 1.96. The Morgan fingerprint density at radius 2 is 1.94 bits per heavy atom. The van der Waals surface area contributed by atoms with Crippen LogP contribution in [0.1, 0.15) is 53.9 Å². The van der Waals surface area contributed by atoms with Crippen molar-refractivity contribution in [3.05, 3.63) is 0 Å². The molecule has 0 spiro atoms. The fourth-order valence-electron chi connectivity index (χ4n) is 1.96. The van der Waals surface area contributed by atoms with Crippen LogP contribution in [0.25, 0.3) is 0 Å². The molecule has 0 fully saturated rings. The third-order valence-corrected chi connectivity index (χ3v) is 2.64. The SMILES string of the molecule is CCCC(C)NC(=O)CNCC(O)CC(C)(C)C. The molecule has 2 unspecified atom stereocenters. The molecule has 0 radical (unpaired) electrons. The van der Waals surface area contributed by atoms with Crippen LogP contribution in [0.2, 0.25) is 0 Å². The van der Waals surface area contributed by atoms with E-state index in [1.165, 1.54) is 0 Å². The zero-order valence-corrected chi connectivity index (χ0v) is 12.5. The van der Waals surface area contributed by atoms with Gasteiger partial charge in [-0.15, -0.1) is 0 Å². The molecule has 4 heteroatoms. The first-order valence-electron chi connectivity index (χ1n) is 6.92. The average Bonchev–Trinajstić information content (AvgIpc) is 2.14. The number of aliphatic hydroxyl groups excluding tert-OH is 1. The summed E-state index contributed by atoms with van der Waals surface area (Å²) < 4.78 is 0. The summed E-state index contributed by atoms with van der Waals surface area (Å²) in [5, 5.41) is 15.7. The molecule has 4 nitrogen and oxygen atoms in total. The van der Waals surface area contributed by atoms with Gasteiger partial charge in [-0.2, -0.15) is 0 Å². The Labute approximate surface area is 112 Å². The Morgan fingerprint density at radius 3 is 2.44 bits per heavy atom. The van der Waals surface area contributed by atoms with Crippen LogP contribution < -0.4 is 10.6 Å². The second kappa shape index (κ2) is 8.48. The summed E-state index contributed by atoms with van der Waals surface area (Å²) >= 11 is 0. The molecule has 0 aliphatic heterocycles. The van der Waals surface area contributed by atoms with Crippen LogP contribution in [0, 0.1) is 5.41 Å². The molecule has 108 valence electrons. The Bertz CT molecular complexity index is 236. The fraction of sp³-hybridized carbons (Fsp3) is 0.929. The van der Waals surface area contributed by atoms with Gasteiger partial charge in [-0.05, 0) is 25.2 Å². The zero-order valence-electron chi connectivity index (χ0n) is 12.5. The molecule has 0 aliphatic carbocycles. The highest BCUT2D eigenvalue weighted by molar-refractivity contribution is 5.78. The van der Waals surface area contributed by atoms with E-state index in [2.05, 4.69) is 38.3 Å². The Morgan fingerprint density at radius 1 is 1.33 bits per heavy atom. The highest BCUT2D eigenvalue weighted by atomic mass is 16.3. The van der Waals surface area contributed by atoms with E-state index in [1.54, 1.807) is 0 Å². The average molecular weight is 258 g/mol. The maximum Gasteiger partial charge on any atom is 0.234 e. The van der Waals surface area contributed by atoms with Gasteiger partial charge in [-0.25, -0.2) is 0 Å². The molecule has 18 heavy (non-hydrogen) atoms. The van der Waals surface area contributed by atoms with Crippen molar-refractivity contribution in [3.8, 4) is 0 Å². The number of aliphatic hydroxyl groups is 1. The van der Waals surface area contributed by atoms with E-state index in [-0.39, 0.29) is 23.9 Å². The largest absolute Gasteiger partial charge is 0.392 e. The van der Waals surface area contributed by atoms with Gasteiger partial charge in [0.15, 0.2) is 0 Å². The second-order valence-electron chi connectivity index (χ2n) is 6.31. The van der Waals surface area contributed by atoms with Crippen molar-refractivity contribution in [3.63, 3.8) is 0 Å². The number of carbonyl (C=O) groups is 1. The van der Waals surface area contributed by atoms with E-state index < -0.39 is 6.10 Å². The smallest absolute Gasteiger partial charge is 0.234 e. The van der Waals surface area contributed by atoms with E-state index >= 15 is 0 Å². The molecule has 2 atom stereocenters. The van der Waals surface area contributed by atoms with Crippen molar-refractivity contribution >= 4 is 5.91 Å². The van der Waals surface area contributed by atoms with E-state index in [1.807, 2.05) is 6.92 Å². The molecule has 1 amide bonds. The van der Waals surface area contributed by atoms with Gasteiger partial charge in [0.05, 0.1) is 12.6 Å². The number of hydrogen-bond acceptors (Lipinski definition) is 3. The minimum Gasteiger partial charge on any atom is -0.392 e. The van der Waals surface area contributed by atoms with Crippen molar-refractivity contribution in [2.45, 2.75) is 66.0 Å². The summed E-state index contributed by atoms with van der Waals surface area (Å²) in [4.78, 5) is 11.5. The normalized spacial score (nSPS) is 15.2. The minimum atomic E-state index is -0.397. The summed E-state index contributed by atoms with van der Waals surface area (Å²) in [6.45, 7) is 11.1. The van der Waals surface area contributed by atoms with Crippen molar-refractivity contribution < 1.29 is 9.90 Å². The predicted octanol–water partition coefficient (Wildman–Crippen LogP) is 1.68. The highest BCUT2D eigenvalue weighted by Crippen LogP contribution is 2.20. The van der Waals surface area contributed by atoms with Gasteiger partial charge >= 0.3 is 0 Å². The van der Waals surface area contributed by atoms with Gasteiger partial charge in [0, 0.05) is 12.6 Å². The molecule has 0 aliphatic rings. The molecule has 0 rings (SSSR count). The molecule has 0 heterocycles. The van der Waals surface area contributed by atoms with Gasteiger partial charge in [0.25, 0.3) is 0 Å². The quantitative estimate of drug-likeness (QED) is 0.621. The molecule has 0 aromatic carbocycles. The van der Waals surface area contributed by atoms with E-state index in [4.69, 9.17) is 0 Å². The first kappa shape index (κ1) is 17.4. The molecule has 0 aromatic heterocycles. The van der Waals surface area contributed by atoms with Gasteiger partial charge in [-0.3, -0.25) is 4.79 Å². The monoisotopic (exact) mass is 258 g/mol. The van der Waals surface area contributed by atoms with Crippen molar-refractivity contribution in [2.24, 2.45) is 5.41 Å². The first-order chi connectivity index (χ1) is 8.24. The van der Waals surface area contributed by atoms with Crippen molar-refractivity contribution in [2.75, 3.05) is 13.1 Å². The maximum absolute atomic E-state index is 11.5. The third-order valence-electron chi connectivity index (χ3n) is 2.64. The van der Waals surface area contributed by atoms with Crippen LogP contribution in [0.4, 0.5) is 0 Å². The highest BCUT2D eigenvalue weighted by Gasteiger charge is 2.16. The first-order valence-corrected chi connectivity index (χ1v) is 6.92. The second-order valence-corrected chi connectivity index (χ2v) is 6.31. The Balaban J connectivity index is 3.68. The van der Waals surface area contributed by atoms with Gasteiger partial charge in [-0.1, -0.05) is 34.1 Å². The Kier molecular flexibility index (Phi) is 8.20. The maximum atomic E-state index is 11.5. The van der Waals surface area contributed by atoms with Crippen molar-refractivity contribution in [1.29, 1.82) is 0 Å². The zero-order chi connectivity index (χ0) is 14.2. The molecule has 3 N–H and O–H groups in total. The van der Waals surface area contributed by atoms with E-state index in [9.17, 15) is 9.90 Å². The van der Waals surface area contributed by atoms with E-state index in [0.29, 0.717) is 6.54 Å². The lowest BCUT2D eigenvalue weighted by Gasteiger charge is -2.22. The van der Waals surface area contributed by atoms with Gasteiger partial charge in [0.2, 0.25) is 5.91 Å². The van der Waals surface area contributed by atoms with Crippen LogP contribution >= 0.6 is 0 Å². The summed E-state index contributed by atoms with van der Waals surface area (Å²) in [6, 6.07) is 0.226. The molecule has 0 saturated carbocycles.